The number of hydrogen-bond acceptors (Lipinski definition) is 7. The SMILES string of the molecule is CC[C@@H](C)c1ccc(N(C(=O)CCC(=O)Nc2cc(C)on2)[C@H](C(=O)NC(C)(C)CC)c2cccc(OC)c2OC)cc1. The highest BCUT2D eigenvalue weighted by atomic mass is 16.5. The van der Waals surface area contributed by atoms with E-state index >= 15 is 0 Å². The van der Waals surface area contributed by atoms with Crippen molar-refractivity contribution >= 4 is 29.2 Å². The number of carbonyl (C=O) groups excluding carboxylic acids is 3. The Morgan fingerprint density at radius 1 is 1.02 bits per heavy atom. The predicted molar refractivity (Wildman–Crippen MR) is 167 cm³/mol. The third-order valence-electron chi connectivity index (χ3n) is 7.66. The van der Waals surface area contributed by atoms with Gasteiger partial charge in [-0.2, -0.15) is 0 Å². The minimum Gasteiger partial charge on any atom is -0.493 e. The molecule has 0 unspecified atom stereocenters. The van der Waals surface area contributed by atoms with Crippen LogP contribution in [0.3, 0.4) is 0 Å². The molecule has 0 aliphatic heterocycles. The molecule has 0 aliphatic rings. The van der Waals surface area contributed by atoms with E-state index in [1.54, 1.807) is 31.2 Å². The molecule has 0 aliphatic carbocycles. The van der Waals surface area contributed by atoms with Crippen molar-refractivity contribution in [1.29, 1.82) is 0 Å². The largest absolute Gasteiger partial charge is 0.493 e. The molecular weight excluding hydrogens is 548 g/mol. The molecule has 3 amide bonds. The summed E-state index contributed by atoms with van der Waals surface area (Å²) in [5.74, 6) is 0.706. The monoisotopic (exact) mass is 592 g/mol. The topological polar surface area (TPSA) is 123 Å². The van der Waals surface area contributed by atoms with Crippen LogP contribution in [0.5, 0.6) is 11.5 Å². The Morgan fingerprint density at radius 2 is 1.72 bits per heavy atom. The van der Waals surface area contributed by atoms with E-state index in [1.165, 1.54) is 19.1 Å². The van der Waals surface area contributed by atoms with E-state index in [2.05, 4.69) is 29.6 Å². The zero-order chi connectivity index (χ0) is 31.7. The lowest BCUT2D eigenvalue weighted by molar-refractivity contribution is -0.128. The average Bonchev–Trinajstić information content (AvgIpc) is 3.41. The minimum absolute atomic E-state index is 0.129. The van der Waals surface area contributed by atoms with Crippen molar-refractivity contribution in [1.82, 2.24) is 10.5 Å². The van der Waals surface area contributed by atoms with E-state index in [0.29, 0.717) is 40.8 Å². The summed E-state index contributed by atoms with van der Waals surface area (Å²) in [4.78, 5) is 42.6. The highest BCUT2D eigenvalue weighted by molar-refractivity contribution is 6.03. The van der Waals surface area contributed by atoms with Crippen molar-refractivity contribution in [2.45, 2.75) is 84.7 Å². The Kier molecular flexibility index (Phi) is 11.3. The number of amides is 3. The van der Waals surface area contributed by atoms with E-state index < -0.39 is 23.4 Å². The van der Waals surface area contributed by atoms with E-state index in [0.717, 1.165) is 12.0 Å². The average molecular weight is 593 g/mol. The number of hydrogen-bond donors (Lipinski definition) is 2. The number of nitrogens with zero attached hydrogens (tertiary/aromatic N) is 2. The van der Waals surface area contributed by atoms with Crippen molar-refractivity contribution < 1.29 is 28.4 Å². The quantitative estimate of drug-likeness (QED) is 0.225. The molecule has 1 heterocycles. The molecule has 10 nitrogen and oxygen atoms in total. The summed E-state index contributed by atoms with van der Waals surface area (Å²) in [5, 5.41) is 9.54. The fourth-order valence-electron chi connectivity index (χ4n) is 4.62. The third-order valence-corrected chi connectivity index (χ3v) is 7.66. The number of nitrogens with one attached hydrogen (secondary N) is 2. The summed E-state index contributed by atoms with van der Waals surface area (Å²) in [5.41, 5.74) is 1.54. The number of methoxy groups -OCH3 is 2. The number of carbonyl (C=O) groups is 3. The maximum Gasteiger partial charge on any atom is 0.248 e. The number of rotatable bonds is 14. The van der Waals surface area contributed by atoms with Gasteiger partial charge in [-0.15, -0.1) is 0 Å². The van der Waals surface area contributed by atoms with Crippen LogP contribution >= 0.6 is 0 Å². The molecular formula is C33H44N4O6. The molecule has 0 radical (unpaired) electrons. The van der Waals surface area contributed by atoms with Crippen molar-refractivity contribution in [3.8, 4) is 11.5 Å². The van der Waals surface area contributed by atoms with Gasteiger partial charge in [-0.1, -0.05) is 50.2 Å². The van der Waals surface area contributed by atoms with E-state index in [4.69, 9.17) is 14.0 Å². The van der Waals surface area contributed by atoms with Crippen LogP contribution < -0.4 is 25.0 Å². The van der Waals surface area contributed by atoms with Gasteiger partial charge >= 0.3 is 0 Å². The molecule has 0 saturated heterocycles. The number of aryl methyl sites for hydroxylation is 1. The Bertz CT molecular complexity index is 1400. The summed E-state index contributed by atoms with van der Waals surface area (Å²) in [6.07, 6.45) is 1.33. The zero-order valence-corrected chi connectivity index (χ0v) is 26.4. The number of benzene rings is 2. The van der Waals surface area contributed by atoms with Crippen LogP contribution in [0.25, 0.3) is 0 Å². The molecule has 2 atom stereocenters. The minimum atomic E-state index is -1.13. The van der Waals surface area contributed by atoms with Gasteiger partial charge in [-0.3, -0.25) is 19.3 Å². The molecule has 0 spiro atoms. The predicted octanol–water partition coefficient (Wildman–Crippen LogP) is 6.31. The van der Waals surface area contributed by atoms with E-state index in [-0.39, 0.29) is 24.6 Å². The smallest absolute Gasteiger partial charge is 0.248 e. The first kappa shape index (κ1) is 33.2. The molecule has 0 fully saturated rings. The van der Waals surface area contributed by atoms with Gasteiger partial charge in [0.25, 0.3) is 0 Å². The second-order valence-corrected chi connectivity index (χ2v) is 11.2. The van der Waals surface area contributed by atoms with Crippen LogP contribution in [0.15, 0.2) is 53.1 Å². The van der Waals surface area contributed by atoms with E-state index in [1.807, 2.05) is 45.0 Å². The standard InChI is InChI=1S/C33H44N4O6/c1-9-21(3)23-14-16-24(17-15-23)37(29(39)19-18-28(38)34-27-20-22(4)43-36-27)30(32(40)35-33(5,6)10-2)25-12-11-13-26(41-7)31(25)42-8/h11-17,20-21,30H,9-10,18-19H2,1-8H3,(H,35,40)(H,34,36,38)/t21-,30+/m1/s1. The molecule has 0 bridgehead atoms. The molecule has 0 saturated carbocycles. The Balaban J connectivity index is 2.10. The molecule has 2 N–H and O–H groups in total. The molecule has 43 heavy (non-hydrogen) atoms. The maximum absolute atomic E-state index is 14.2. The van der Waals surface area contributed by atoms with Crippen molar-refractivity contribution in [2.24, 2.45) is 0 Å². The van der Waals surface area contributed by atoms with Gasteiger partial charge in [0.1, 0.15) is 11.8 Å². The third kappa shape index (κ3) is 8.37. The van der Waals surface area contributed by atoms with Gasteiger partial charge in [0.05, 0.1) is 14.2 Å². The molecule has 10 heteroatoms. The number of aromatic nitrogens is 1. The molecule has 2 aromatic carbocycles. The van der Waals surface area contributed by atoms with E-state index in [9.17, 15) is 14.4 Å². The summed E-state index contributed by atoms with van der Waals surface area (Å²) in [7, 11) is 3.01. The number of anilines is 2. The van der Waals surface area contributed by atoms with Gasteiger partial charge in [0.15, 0.2) is 17.3 Å². The van der Waals surface area contributed by atoms with Crippen LogP contribution in [0.1, 0.15) is 89.1 Å². The Hall–Kier alpha value is -4.34. The van der Waals surface area contributed by atoms with Crippen LogP contribution in [0.2, 0.25) is 0 Å². The van der Waals surface area contributed by atoms with Crippen LogP contribution in [0, 0.1) is 6.92 Å². The second kappa shape index (κ2) is 14.7. The summed E-state index contributed by atoms with van der Waals surface area (Å²) in [6, 6.07) is 13.3. The summed E-state index contributed by atoms with van der Waals surface area (Å²) in [6.45, 7) is 11.8. The lowest BCUT2D eigenvalue weighted by Gasteiger charge is -2.35. The van der Waals surface area contributed by atoms with Crippen LogP contribution in [-0.2, 0) is 14.4 Å². The summed E-state index contributed by atoms with van der Waals surface area (Å²) >= 11 is 0. The first-order valence-corrected chi connectivity index (χ1v) is 14.6. The van der Waals surface area contributed by atoms with Crippen molar-refractivity contribution in [3.05, 3.63) is 65.4 Å². The lowest BCUT2D eigenvalue weighted by Crippen LogP contribution is -2.50. The fourth-order valence-corrected chi connectivity index (χ4v) is 4.62. The molecule has 1 aromatic heterocycles. The number of ether oxygens (including phenoxy) is 2. The molecule has 3 aromatic rings. The number of para-hydroxylation sites is 1. The Labute approximate surface area is 254 Å². The maximum atomic E-state index is 14.2. The first-order chi connectivity index (χ1) is 20.4. The normalized spacial score (nSPS) is 12.7. The Morgan fingerprint density at radius 3 is 2.28 bits per heavy atom. The van der Waals surface area contributed by atoms with Gasteiger partial charge in [0.2, 0.25) is 17.7 Å². The molecule has 232 valence electrons. The van der Waals surface area contributed by atoms with Crippen molar-refractivity contribution in [3.63, 3.8) is 0 Å². The second-order valence-electron chi connectivity index (χ2n) is 11.2. The lowest BCUT2D eigenvalue weighted by atomic mass is 9.96. The molecule has 3 rings (SSSR count). The van der Waals surface area contributed by atoms with Gasteiger partial charge in [-0.25, -0.2) is 0 Å². The fraction of sp³-hybridized carbons (Fsp3) is 0.455. The zero-order valence-electron chi connectivity index (χ0n) is 26.4. The van der Waals surface area contributed by atoms with Crippen LogP contribution in [0.4, 0.5) is 11.5 Å². The van der Waals surface area contributed by atoms with Crippen LogP contribution in [-0.4, -0.2) is 42.6 Å². The van der Waals surface area contributed by atoms with Gasteiger partial charge < -0.3 is 24.6 Å². The highest BCUT2D eigenvalue weighted by Gasteiger charge is 2.37. The van der Waals surface area contributed by atoms with Gasteiger partial charge in [0, 0.05) is 35.7 Å². The van der Waals surface area contributed by atoms with Crippen molar-refractivity contribution in [2.75, 3.05) is 24.4 Å². The highest BCUT2D eigenvalue weighted by Crippen LogP contribution is 2.40. The van der Waals surface area contributed by atoms with Gasteiger partial charge in [-0.05, 0) is 63.3 Å². The summed E-state index contributed by atoms with van der Waals surface area (Å²) < 4.78 is 16.3. The first-order valence-electron chi connectivity index (χ1n) is 14.6.